The summed E-state index contributed by atoms with van der Waals surface area (Å²) >= 11 is 5.34. The maximum atomic E-state index is 5.34. The zero-order valence-corrected chi connectivity index (χ0v) is 9.73. The molecule has 2 rings (SSSR count). The van der Waals surface area contributed by atoms with Gasteiger partial charge in [-0.3, -0.25) is 0 Å². The quantitative estimate of drug-likeness (QED) is 0.737. The molecule has 1 aromatic heterocycles. The fourth-order valence-corrected chi connectivity index (χ4v) is 2.69. The summed E-state index contributed by atoms with van der Waals surface area (Å²) in [6.07, 6.45) is 7.38. The third-order valence-corrected chi connectivity index (χ3v) is 3.44. The molecule has 0 atom stereocenters. The second kappa shape index (κ2) is 3.89. The first kappa shape index (κ1) is 9.97. The van der Waals surface area contributed by atoms with Gasteiger partial charge in [0.25, 0.3) is 0 Å². The van der Waals surface area contributed by atoms with Crippen LogP contribution in [0.4, 0.5) is 0 Å². The monoisotopic (exact) mass is 210 g/mol. The van der Waals surface area contributed by atoms with Gasteiger partial charge in [0, 0.05) is 17.9 Å². The van der Waals surface area contributed by atoms with Crippen molar-refractivity contribution in [2.45, 2.75) is 51.5 Å². The van der Waals surface area contributed by atoms with E-state index in [9.17, 15) is 0 Å². The van der Waals surface area contributed by atoms with Crippen molar-refractivity contribution in [1.82, 2.24) is 9.55 Å². The van der Waals surface area contributed by atoms with Gasteiger partial charge in [-0.1, -0.05) is 26.7 Å². The van der Waals surface area contributed by atoms with Gasteiger partial charge < -0.3 is 9.55 Å². The normalized spacial score (nSPS) is 18.2. The number of nitrogens with one attached hydrogen (secondary N) is 1. The lowest BCUT2D eigenvalue weighted by molar-refractivity contribution is 0.486. The van der Waals surface area contributed by atoms with Gasteiger partial charge >= 0.3 is 0 Å². The predicted molar refractivity (Wildman–Crippen MR) is 61.2 cm³/mol. The Morgan fingerprint density at radius 2 is 2.07 bits per heavy atom. The van der Waals surface area contributed by atoms with Gasteiger partial charge in [0.15, 0.2) is 4.77 Å². The van der Waals surface area contributed by atoms with E-state index in [4.69, 9.17) is 12.2 Å². The Morgan fingerprint density at radius 3 is 2.64 bits per heavy atom. The van der Waals surface area contributed by atoms with Crippen molar-refractivity contribution in [2.75, 3.05) is 0 Å². The number of imidazole rings is 1. The topological polar surface area (TPSA) is 20.7 Å². The zero-order chi connectivity index (χ0) is 10.1. The maximum absolute atomic E-state index is 5.34. The predicted octanol–water partition coefficient (Wildman–Crippen LogP) is 3.78. The lowest BCUT2D eigenvalue weighted by atomic mass is 10.1. The van der Waals surface area contributed by atoms with Gasteiger partial charge in [-0.15, -0.1) is 0 Å². The highest BCUT2D eigenvalue weighted by atomic mass is 32.1. The summed E-state index contributed by atoms with van der Waals surface area (Å²) in [7, 11) is 0. The summed E-state index contributed by atoms with van der Waals surface area (Å²) in [6, 6.07) is 0.658. The third-order valence-electron chi connectivity index (χ3n) is 3.12. The molecule has 1 N–H and O–H groups in total. The van der Waals surface area contributed by atoms with E-state index in [1.807, 2.05) is 0 Å². The molecular weight excluding hydrogens is 192 g/mol. The lowest BCUT2D eigenvalue weighted by Crippen LogP contribution is -2.09. The molecule has 1 aromatic rings. The van der Waals surface area contributed by atoms with Crippen LogP contribution in [-0.4, -0.2) is 9.55 Å². The first-order valence-corrected chi connectivity index (χ1v) is 5.91. The Labute approximate surface area is 90.3 Å². The van der Waals surface area contributed by atoms with Crippen LogP contribution in [0.25, 0.3) is 0 Å². The molecule has 0 spiro atoms. The molecule has 0 bridgehead atoms. The average Bonchev–Trinajstić information content (AvgIpc) is 2.71. The SMILES string of the molecule is CC(C)c1c[nH]c(=S)n1C1CCCC1. The Bertz CT molecular complexity index is 356. The van der Waals surface area contributed by atoms with Crippen molar-refractivity contribution in [3.05, 3.63) is 16.7 Å². The molecule has 1 fully saturated rings. The second-order valence-electron chi connectivity index (χ2n) is 4.48. The van der Waals surface area contributed by atoms with Crippen molar-refractivity contribution in [1.29, 1.82) is 0 Å². The number of nitrogens with zero attached hydrogens (tertiary/aromatic N) is 1. The number of hydrogen-bond acceptors (Lipinski definition) is 1. The van der Waals surface area contributed by atoms with E-state index >= 15 is 0 Å². The van der Waals surface area contributed by atoms with Crippen molar-refractivity contribution in [3.63, 3.8) is 0 Å². The van der Waals surface area contributed by atoms with Crippen LogP contribution in [0.15, 0.2) is 6.20 Å². The molecule has 1 aliphatic carbocycles. The van der Waals surface area contributed by atoms with Crippen LogP contribution >= 0.6 is 12.2 Å². The van der Waals surface area contributed by atoms with E-state index < -0.39 is 0 Å². The molecule has 1 heterocycles. The molecule has 0 amide bonds. The van der Waals surface area contributed by atoms with Gasteiger partial charge in [-0.2, -0.15) is 0 Å². The summed E-state index contributed by atoms with van der Waals surface area (Å²) in [5.74, 6) is 0.559. The van der Waals surface area contributed by atoms with Gasteiger partial charge in [-0.25, -0.2) is 0 Å². The van der Waals surface area contributed by atoms with Gasteiger partial charge in [-0.05, 0) is 31.0 Å². The second-order valence-corrected chi connectivity index (χ2v) is 4.87. The lowest BCUT2D eigenvalue weighted by Gasteiger charge is -2.17. The number of aromatic nitrogens is 2. The Morgan fingerprint density at radius 1 is 1.43 bits per heavy atom. The molecule has 0 radical (unpaired) electrons. The van der Waals surface area contributed by atoms with E-state index in [1.165, 1.54) is 31.4 Å². The van der Waals surface area contributed by atoms with Crippen molar-refractivity contribution in [3.8, 4) is 0 Å². The minimum atomic E-state index is 0.559. The van der Waals surface area contributed by atoms with Crippen LogP contribution in [0, 0.1) is 4.77 Å². The minimum absolute atomic E-state index is 0.559. The van der Waals surface area contributed by atoms with Crippen LogP contribution in [0.2, 0.25) is 0 Å². The molecule has 14 heavy (non-hydrogen) atoms. The Balaban J connectivity index is 2.38. The first-order valence-electron chi connectivity index (χ1n) is 5.50. The fourth-order valence-electron chi connectivity index (χ4n) is 2.38. The Hall–Kier alpha value is -0.570. The molecule has 0 unspecified atom stereocenters. The first-order chi connectivity index (χ1) is 6.70. The third kappa shape index (κ3) is 1.65. The van der Waals surface area contributed by atoms with Gasteiger partial charge in [0.1, 0.15) is 0 Å². The van der Waals surface area contributed by atoms with E-state index in [0.29, 0.717) is 12.0 Å². The van der Waals surface area contributed by atoms with Crippen LogP contribution in [-0.2, 0) is 0 Å². The average molecular weight is 210 g/mol. The van der Waals surface area contributed by atoms with Gasteiger partial charge in [0.05, 0.1) is 0 Å². The summed E-state index contributed by atoms with van der Waals surface area (Å²) in [4.78, 5) is 3.17. The fraction of sp³-hybridized carbons (Fsp3) is 0.727. The largest absolute Gasteiger partial charge is 0.337 e. The highest BCUT2D eigenvalue weighted by Gasteiger charge is 2.20. The molecule has 0 aliphatic heterocycles. The van der Waals surface area contributed by atoms with Crippen molar-refractivity contribution in [2.24, 2.45) is 0 Å². The Kier molecular flexibility index (Phi) is 2.77. The summed E-state index contributed by atoms with van der Waals surface area (Å²) < 4.78 is 3.24. The molecule has 1 aliphatic rings. The van der Waals surface area contributed by atoms with E-state index in [2.05, 4.69) is 29.6 Å². The standard InChI is InChI=1S/C11H18N2S/c1-8(2)10-7-12-11(14)13(10)9-5-3-4-6-9/h7-9H,3-6H2,1-2H3,(H,12,14). The summed E-state index contributed by atoms with van der Waals surface area (Å²) in [6.45, 7) is 4.45. The number of aromatic amines is 1. The highest BCUT2D eigenvalue weighted by Crippen LogP contribution is 2.32. The van der Waals surface area contributed by atoms with E-state index in [0.717, 1.165) is 4.77 Å². The van der Waals surface area contributed by atoms with Crippen LogP contribution in [0.5, 0.6) is 0 Å². The molecule has 3 heteroatoms. The molecule has 78 valence electrons. The van der Waals surface area contributed by atoms with Gasteiger partial charge in [0.2, 0.25) is 0 Å². The van der Waals surface area contributed by atoms with Crippen molar-refractivity contribution >= 4 is 12.2 Å². The zero-order valence-electron chi connectivity index (χ0n) is 8.92. The van der Waals surface area contributed by atoms with Crippen LogP contribution in [0.1, 0.15) is 57.2 Å². The number of H-pyrrole nitrogens is 1. The molecule has 1 saturated carbocycles. The summed E-state index contributed by atoms with van der Waals surface area (Å²) in [5.41, 5.74) is 1.36. The minimum Gasteiger partial charge on any atom is -0.337 e. The van der Waals surface area contributed by atoms with E-state index in [-0.39, 0.29) is 0 Å². The van der Waals surface area contributed by atoms with Crippen molar-refractivity contribution < 1.29 is 0 Å². The van der Waals surface area contributed by atoms with Crippen LogP contribution < -0.4 is 0 Å². The van der Waals surface area contributed by atoms with E-state index in [1.54, 1.807) is 0 Å². The maximum Gasteiger partial charge on any atom is 0.177 e. The molecule has 0 aromatic carbocycles. The number of rotatable bonds is 2. The summed E-state index contributed by atoms with van der Waals surface area (Å²) in [5, 5.41) is 0. The highest BCUT2D eigenvalue weighted by molar-refractivity contribution is 7.71. The van der Waals surface area contributed by atoms with Crippen LogP contribution in [0.3, 0.4) is 0 Å². The molecular formula is C11H18N2S. The number of hydrogen-bond donors (Lipinski definition) is 1. The molecule has 2 nitrogen and oxygen atoms in total. The smallest absolute Gasteiger partial charge is 0.177 e. The molecule has 0 saturated heterocycles.